The molecule has 0 atom stereocenters. The van der Waals surface area contributed by atoms with Crippen molar-refractivity contribution in [3.8, 4) is 17.5 Å². The number of ether oxygens (including phenoxy) is 1. The number of rotatable bonds is 1. The average Bonchev–Trinajstić information content (AvgIpc) is 2.96. The lowest BCUT2D eigenvalue weighted by Crippen LogP contribution is -2.33. The topological polar surface area (TPSA) is 64.4 Å². The van der Waals surface area contributed by atoms with Crippen LogP contribution in [0.3, 0.4) is 0 Å². The van der Waals surface area contributed by atoms with Crippen LogP contribution in [0.2, 0.25) is 5.02 Å². The maximum atomic E-state index is 12.8. The third kappa shape index (κ3) is 4.15. The Labute approximate surface area is 175 Å². The van der Waals surface area contributed by atoms with E-state index in [4.69, 9.17) is 16.3 Å². The number of carbonyl (C=O) groups is 2. The molecule has 29 heavy (non-hydrogen) atoms. The SMILES string of the molecule is CN1Cc2c(C#CC(C)(C)OC(=O)C(C)(C)C)ncn2-c2cccc(Cl)c2C1=O. The number of carbonyl (C=O) groups excluding carboxylic acids is 2. The summed E-state index contributed by atoms with van der Waals surface area (Å²) in [6.45, 7) is 9.19. The first-order valence-corrected chi connectivity index (χ1v) is 9.66. The van der Waals surface area contributed by atoms with Gasteiger partial charge >= 0.3 is 5.97 Å². The number of benzene rings is 1. The second-order valence-corrected chi connectivity index (χ2v) is 9.01. The molecule has 1 amide bonds. The molecule has 3 rings (SSSR count). The Bertz CT molecular complexity index is 1050. The molecule has 0 fully saturated rings. The highest BCUT2D eigenvalue weighted by atomic mass is 35.5. The molecule has 0 saturated heterocycles. The van der Waals surface area contributed by atoms with Crippen LogP contribution in [-0.2, 0) is 16.1 Å². The summed E-state index contributed by atoms with van der Waals surface area (Å²) in [4.78, 5) is 31.0. The Morgan fingerprint density at radius 2 is 1.93 bits per heavy atom. The summed E-state index contributed by atoms with van der Waals surface area (Å²) in [6.07, 6.45) is 1.63. The Balaban J connectivity index is 2.01. The molecule has 2 heterocycles. The molecule has 0 saturated carbocycles. The van der Waals surface area contributed by atoms with Gasteiger partial charge in [-0.15, -0.1) is 0 Å². The molecule has 1 aliphatic rings. The summed E-state index contributed by atoms with van der Waals surface area (Å²) in [5.41, 5.74) is 0.808. The highest BCUT2D eigenvalue weighted by molar-refractivity contribution is 6.34. The van der Waals surface area contributed by atoms with E-state index in [0.717, 1.165) is 5.69 Å². The van der Waals surface area contributed by atoms with E-state index in [0.29, 0.717) is 28.5 Å². The van der Waals surface area contributed by atoms with Crippen molar-refractivity contribution in [3.63, 3.8) is 0 Å². The number of hydrogen-bond donors (Lipinski definition) is 0. The van der Waals surface area contributed by atoms with Crippen molar-refractivity contribution in [2.75, 3.05) is 7.05 Å². The second-order valence-electron chi connectivity index (χ2n) is 8.60. The Morgan fingerprint density at radius 1 is 1.24 bits per heavy atom. The van der Waals surface area contributed by atoms with Gasteiger partial charge in [-0.05, 0) is 58.6 Å². The molecule has 7 heteroatoms. The van der Waals surface area contributed by atoms with E-state index in [1.807, 2.05) is 10.6 Å². The largest absolute Gasteiger partial charge is 0.446 e. The van der Waals surface area contributed by atoms with Crippen LogP contribution in [-0.4, -0.2) is 39.0 Å². The van der Waals surface area contributed by atoms with Gasteiger partial charge in [0.2, 0.25) is 0 Å². The molecule has 0 aliphatic carbocycles. The molecule has 0 radical (unpaired) electrons. The molecule has 2 aromatic rings. The van der Waals surface area contributed by atoms with Crippen LogP contribution in [0.25, 0.3) is 5.69 Å². The summed E-state index contributed by atoms with van der Waals surface area (Å²) >= 11 is 6.30. The molecule has 152 valence electrons. The highest BCUT2D eigenvalue weighted by Gasteiger charge is 2.30. The number of amides is 1. The van der Waals surface area contributed by atoms with Crippen LogP contribution >= 0.6 is 11.6 Å². The van der Waals surface area contributed by atoms with Gasteiger partial charge in [0, 0.05) is 7.05 Å². The predicted octanol–water partition coefficient (Wildman–Crippen LogP) is 3.83. The number of aromatic nitrogens is 2. The van der Waals surface area contributed by atoms with Crippen molar-refractivity contribution in [3.05, 3.63) is 46.5 Å². The fourth-order valence-corrected chi connectivity index (χ4v) is 3.12. The molecule has 0 bridgehead atoms. The molecular formula is C22H24ClN3O3. The number of nitrogens with zero attached hydrogens (tertiary/aromatic N) is 3. The second kappa shape index (κ2) is 7.23. The molecule has 1 aromatic heterocycles. The van der Waals surface area contributed by atoms with E-state index in [9.17, 15) is 9.59 Å². The van der Waals surface area contributed by atoms with Crippen LogP contribution in [0.15, 0.2) is 24.5 Å². The molecule has 0 spiro atoms. The fourth-order valence-electron chi connectivity index (χ4n) is 2.87. The minimum absolute atomic E-state index is 0.160. The molecule has 0 N–H and O–H groups in total. The van der Waals surface area contributed by atoms with Crippen molar-refractivity contribution >= 4 is 23.5 Å². The number of halogens is 1. The fraction of sp³-hybridized carbons (Fsp3) is 0.409. The summed E-state index contributed by atoms with van der Waals surface area (Å²) in [5.74, 6) is 5.54. The van der Waals surface area contributed by atoms with E-state index in [-0.39, 0.29) is 11.9 Å². The van der Waals surface area contributed by atoms with Gasteiger partial charge in [0.15, 0.2) is 5.60 Å². The minimum atomic E-state index is -0.978. The lowest BCUT2D eigenvalue weighted by Gasteiger charge is -2.24. The van der Waals surface area contributed by atoms with Crippen molar-refractivity contribution in [2.24, 2.45) is 5.41 Å². The zero-order valence-electron chi connectivity index (χ0n) is 17.5. The van der Waals surface area contributed by atoms with Crippen LogP contribution in [0.1, 0.15) is 56.4 Å². The van der Waals surface area contributed by atoms with E-state index in [1.165, 1.54) is 0 Å². The van der Waals surface area contributed by atoms with Gasteiger partial charge in [0.25, 0.3) is 5.91 Å². The first-order valence-electron chi connectivity index (χ1n) is 9.28. The van der Waals surface area contributed by atoms with Crippen LogP contribution in [0.4, 0.5) is 0 Å². The zero-order valence-corrected chi connectivity index (χ0v) is 18.2. The van der Waals surface area contributed by atoms with E-state index in [1.54, 1.807) is 65.0 Å². The minimum Gasteiger partial charge on any atom is -0.446 e. The Morgan fingerprint density at radius 3 is 2.59 bits per heavy atom. The molecular weight excluding hydrogens is 390 g/mol. The number of hydrogen-bond acceptors (Lipinski definition) is 4. The molecule has 0 unspecified atom stereocenters. The lowest BCUT2D eigenvalue weighted by molar-refractivity contribution is -0.161. The van der Waals surface area contributed by atoms with E-state index >= 15 is 0 Å². The summed E-state index contributed by atoms with van der Waals surface area (Å²) in [6, 6.07) is 5.32. The standard InChI is InChI=1S/C22H24ClN3O3/c1-21(2,3)20(28)29-22(4,5)11-10-15-17-12-25(6)19(27)18-14(23)8-7-9-16(18)26(17)13-24-15/h7-9,13H,12H2,1-6H3. The lowest BCUT2D eigenvalue weighted by atomic mass is 9.97. The van der Waals surface area contributed by atoms with Gasteiger partial charge in [-0.1, -0.05) is 17.7 Å². The van der Waals surface area contributed by atoms with Crippen molar-refractivity contribution in [2.45, 2.75) is 46.8 Å². The summed E-state index contributed by atoms with van der Waals surface area (Å²) in [5, 5.41) is 0.392. The third-order valence-corrected chi connectivity index (χ3v) is 4.82. The van der Waals surface area contributed by atoms with Gasteiger partial charge in [-0.2, -0.15) is 0 Å². The maximum absolute atomic E-state index is 12.8. The van der Waals surface area contributed by atoms with E-state index < -0.39 is 11.0 Å². The van der Waals surface area contributed by atoms with Gasteiger partial charge in [0.1, 0.15) is 12.0 Å². The molecule has 1 aromatic carbocycles. The van der Waals surface area contributed by atoms with Crippen molar-refractivity contribution in [1.82, 2.24) is 14.5 Å². The van der Waals surface area contributed by atoms with Gasteiger partial charge in [0.05, 0.1) is 33.9 Å². The Kier molecular flexibility index (Phi) is 5.22. The smallest absolute Gasteiger partial charge is 0.312 e. The quantitative estimate of drug-likeness (QED) is 0.526. The number of imidazole rings is 1. The predicted molar refractivity (Wildman–Crippen MR) is 111 cm³/mol. The maximum Gasteiger partial charge on any atom is 0.312 e. The van der Waals surface area contributed by atoms with E-state index in [2.05, 4.69) is 16.8 Å². The van der Waals surface area contributed by atoms with Gasteiger partial charge in [-0.25, -0.2) is 4.98 Å². The molecule has 1 aliphatic heterocycles. The third-order valence-electron chi connectivity index (χ3n) is 4.51. The van der Waals surface area contributed by atoms with Crippen molar-refractivity contribution < 1.29 is 14.3 Å². The van der Waals surface area contributed by atoms with Crippen LogP contribution in [0.5, 0.6) is 0 Å². The average molecular weight is 414 g/mol. The van der Waals surface area contributed by atoms with Crippen LogP contribution in [0, 0.1) is 17.3 Å². The first kappa shape index (κ1) is 20.9. The van der Waals surface area contributed by atoms with Crippen molar-refractivity contribution in [1.29, 1.82) is 0 Å². The zero-order chi connectivity index (χ0) is 21.6. The first-order chi connectivity index (χ1) is 13.4. The normalized spacial score (nSPS) is 13.8. The summed E-state index contributed by atoms with van der Waals surface area (Å²) < 4.78 is 7.38. The molecule has 6 nitrogen and oxygen atoms in total. The monoisotopic (exact) mass is 413 g/mol. The summed E-state index contributed by atoms with van der Waals surface area (Å²) in [7, 11) is 1.71. The van der Waals surface area contributed by atoms with Crippen LogP contribution < -0.4 is 0 Å². The van der Waals surface area contributed by atoms with Gasteiger partial charge < -0.3 is 9.64 Å². The number of esters is 1. The van der Waals surface area contributed by atoms with Gasteiger partial charge in [-0.3, -0.25) is 14.2 Å². The number of fused-ring (bicyclic) bond motifs is 3. The Hall–Kier alpha value is -2.78. The highest BCUT2D eigenvalue weighted by Crippen LogP contribution is 2.30.